The third-order valence-corrected chi connectivity index (χ3v) is 4.15. The van der Waals surface area contributed by atoms with E-state index in [-0.39, 0.29) is 5.56 Å². The fourth-order valence-corrected chi connectivity index (χ4v) is 2.80. The Morgan fingerprint density at radius 1 is 1.06 bits per heavy atom. The van der Waals surface area contributed by atoms with Gasteiger partial charge in [0.05, 0.1) is 0 Å². The Morgan fingerprint density at radius 2 is 1.78 bits per heavy atom. The molecule has 1 nitrogen and oxygen atoms in total. The molecule has 1 aromatic carbocycles. The third kappa shape index (κ3) is 2.28. The molecule has 2 fully saturated rings. The van der Waals surface area contributed by atoms with E-state index < -0.39 is 11.8 Å². The van der Waals surface area contributed by atoms with Gasteiger partial charge in [-0.05, 0) is 43.7 Å². The molecule has 18 heavy (non-hydrogen) atoms. The first kappa shape index (κ1) is 12.1. The predicted octanol–water partition coefficient (Wildman–Crippen LogP) is 3.66. The molecule has 1 unspecified atom stereocenters. The van der Waals surface area contributed by atoms with Crippen molar-refractivity contribution in [2.24, 2.45) is 5.92 Å². The van der Waals surface area contributed by atoms with Crippen LogP contribution in [0.4, 0.5) is 8.78 Å². The predicted molar refractivity (Wildman–Crippen MR) is 67.9 cm³/mol. The average Bonchev–Trinajstić information content (AvgIpc) is 3.25. The van der Waals surface area contributed by atoms with Gasteiger partial charge in [0.1, 0.15) is 0 Å². The summed E-state index contributed by atoms with van der Waals surface area (Å²) in [5.74, 6) is -2.55. The smallest absolute Gasteiger partial charge is 0.276 e. The van der Waals surface area contributed by atoms with Gasteiger partial charge in [0, 0.05) is 18.0 Å². The van der Waals surface area contributed by atoms with Crippen molar-refractivity contribution in [2.45, 2.75) is 37.5 Å². The van der Waals surface area contributed by atoms with Crippen molar-refractivity contribution in [3.63, 3.8) is 0 Å². The number of alkyl halides is 2. The molecule has 0 aromatic heterocycles. The van der Waals surface area contributed by atoms with Crippen molar-refractivity contribution in [1.29, 1.82) is 0 Å². The SMILES string of the molecule is FC(F)(c1ccc(C2CCCNC2)cc1)C1CC1. The summed E-state index contributed by atoms with van der Waals surface area (Å²) in [6.45, 7) is 2.05. The van der Waals surface area contributed by atoms with Crippen LogP contribution in [0, 0.1) is 5.92 Å². The molecule has 1 aliphatic carbocycles. The first-order valence-electron chi connectivity index (χ1n) is 6.87. The lowest BCUT2D eigenvalue weighted by Gasteiger charge is -2.24. The summed E-state index contributed by atoms with van der Waals surface area (Å²) in [6, 6.07) is 7.04. The van der Waals surface area contributed by atoms with Gasteiger partial charge in [-0.15, -0.1) is 0 Å². The third-order valence-electron chi connectivity index (χ3n) is 4.15. The minimum Gasteiger partial charge on any atom is -0.316 e. The second-order valence-corrected chi connectivity index (χ2v) is 5.56. The van der Waals surface area contributed by atoms with Crippen LogP contribution in [0.5, 0.6) is 0 Å². The van der Waals surface area contributed by atoms with Crippen LogP contribution in [0.15, 0.2) is 24.3 Å². The van der Waals surface area contributed by atoms with Crippen molar-refractivity contribution < 1.29 is 8.78 Å². The zero-order valence-corrected chi connectivity index (χ0v) is 10.5. The number of hydrogen-bond donors (Lipinski definition) is 1. The summed E-state index contributed by atoms with van der Waals surface area (Å²) in [6.07, 6.45) is 3.67. The van der Waals surface area contributed by atoms with Gasteiger partial charge in [-0.2, -0.15) is 0 Å². The van der Waals surface area contributed by atoms with E-state index in [0.717, 1.165) is 19.5 Å². The lowest BCUT2D eigenvalue weighted by atomic mass is 9.90. The van der Waals surface area contributed by atoms with Gasteiger partial charge in [0.25, 0.3) is 5.92 Å². The highest BCUT2D eigenvalue weighted by atomic mass is 19.3. The van der Waals surface area contributed by atoms with Gasteiger partial charge in [-0.25, -0.2) is 8.78 Å². The van der Waals surface area contributed by atoms with Gasteiger partial charge >= 0.3 is 0 Å². The number of hydrogen-bond acceptors (Lipinski definition) is 1. The molecule has 1 aliphatic heterocycles. The Labute approximate surface area is 107 Å². The van der Waals surface area contributed by atoms with E-state index in [9.17, 15) is 8.78 Å². The van der Waals surface area contributed by atoms with Gasteiger partial charge in [-0.1, -0.05) is 24.3 Å². The van der Waals surface area contributed by atoms with Gasteiger partial charge in [-0.3, -0.25) is 0 Å². The molecule has 1 N–H and O–H groups in total. The molecular weight excluding hydrogens is 232 g/mol. The van der Waals surface area contributed by atoms with Crippen LogP contribution in [-0.2, 0) is 5.92 Å². The summed E-state index contributed by atoms with van der Waals surface area (Å²) >= 11 is 0. The minimum atomic E-state index is -2.62. The monoisotopic (exact) mass is 251 g/mol. The molecule has 1 heterocycles. The maximum Gasteiger partial charge on any atom is 0.276 e. The number of halogens is 2. The standard InChI is InChI=1S/C15H19F2N/c16-15(17,14-7-8-14)13-5-3-11(4-6-13)12-2-1-9-18-10-12/h3-6,12,14,18H,1-2,7-10H2. The second kappa shape index (κ2) is 4.61. The molecule has 0 radical (unpaired) electrons. The molecule has 98 valence electrons. The van der Waals surface area contributed by atoms with E-state index in [1.807, 2.05) is 12.1 Å². The van der Waals surface area contributed by atoms with Crippen LogP contribution in [0.3, 0.4) is 0 Å². The van der Waals surface area contributed by atoms with E-state index in [4.69, 9.17) is 0 Å². The Hall–Kier alpha value is -0.960. The van der Waals surface area contributed by atoms with Crippen LogP contribution in [0.1, 0.15) is 42.7 Å². The van der Waals surface area contributed by atoms with Crippen LogP contribution >= 0.6 is 0 Å². The van der Waals surface area contributed by atoms with Gasteiger partial charge in [0.2, 0.25) is 0 Å². The number of rotatable bonds is 3. The van der Waals surface area contributed by atoms with E-state index in [0.29, 0.717) is 18.8 Å². The first-order chi connectivity index (χ1) is 8.68. The molecule has 3 rings (SSSR count). The molecule has 1 saturated carbocycles. The zero-order chi connectivity index (χ0) is 12.6. The highest BCUT2D eigenvalue weighted by Crippen LogP contribution is 2.49. The largest absolute Gasteiger partial charge is 0.316 e. The zero-order valence-electron chi connectivity index (χ0n) is 10.5. The summed E-state index contributed by atoms with van der Waals surface area (Å²) in [7, 11) is 0. The number of piperidine rings is 1. The summed E-state index contributed by atoms with van der Waals surface area (Å²) in [4.78, 5) is 0. The van der Waals surface area contributed by atoms with Crippen molar-refractivity contribution in [3.8, 4) is 0 Å². The fourth-order valence-electron chi connectivity index (χ4n) is 2.80. The number of nitrogens with one attached hydrogen (secondary N) is 1. The Balaban J connectivity index is 1.75. The van der Waals surface area contributed by atoms with Crippen LogP contribution in [0.2, 0.25) is 0 Å². The van der Waals surface area contributed by atoms with Crippen LogP contribution in [-0.4, -0.2) is 13.1 Å². The quantitative estimate of drug-likeness (QED) is 0.864. The Bertz CT molecular complexity index is 403. The molecule has 2 aliphatic rings. The highest BCUT2D eigenvalue weighted by molar-refractivity contribution is 5.29. The van der Waals surface area contributed by atoms with E-state index in [1.54, 1.807) is 12.1 Å². The van der Waals surface area contributed by atoms with E-state index in [1.165, 1.54) is 12.0 Å². The molecular formula is C15H19F2N. The molecule has 3 heteroatoms. The van der Waals surface area contributed by atoms with Gasteiger partial charge < -0.3 is 5.32 Å². The summed E-state index contributed by atoms with van der Waals surface area (Å²) in [5.41, 5.74) is 1.38. The first-order valence-corrected chi connectivity index (χ1v) is 6.87. The fraction of sp³-hybridized carbons (Fsp3) is 0.600. The Kier molecular flexibility index (Phi) is 3.10. The van der Waals surface area contributed by atoms with Crippen LogP contribution < -0.4 is 5.32 Å². The topological polar surface area (TPSA) is 12.0 Å². The van der Waals surface area contributed by atoms with Crippen molar-refractivity contribution in [2.75, 3.05) is 13.1 Å². The molecule has 1 aromatic rings. The van der Waals surface area contributed by atoms with Crippen molar-refractivity contribution in [1.82, 2.24) is 5.32 Å². The molecule has 0 amide bonds. The lowest BCUT2D eigenvalue weighted by molar-refractivity contribution is -0.0285. The normalized spacial score (nSPS) is 25.1. The van der Waals surface area contributed by atoms with Gasteiger partial charge in [0.15, 0.2) is 0 Å². The average molecular weight is 251 g/mol. The second-order valence-electron chi connectivity index (χ2n) is 5.56. The van der Waals surface area contributed by atoms with E-state index in [2.05, 4.69) is 5.32 Å². The summed E-state index contributed by atoms with van der Waals surface area (Å²) in [5, 5.41) is 3.36. The highest BCUT2D eigenvalue weighted by Gasteiger charge is 2.47. The van der Waals surface area contributed by atoms with Crippen LogP contribution in [0.25, 0.3) is 0 Å². The molecule has 0 bridgehead atoms. The van der Waals surface area contributed by atoms with Crippen molar-refractivity contribution >= 4 is 0 Å². The Morgan fingerprint density at radius 3 is 2.33 bits per heavy atom. The summed E-state index contributed by atoms with van der Waals surface area (Å²) < 4.78 is 27.8. The maximum absolute atomic E-state index is 13.9. The van der Waals surface area contributed by atoms with E-state index >= 15 is 0 Å². The van der Waals surface area contributed by atoms with Crippen molar-refractivity contribution in [3.05, 3.63) is 35.4 Å². The molecule has 1 saturated heterocycles. The minimum absolute atomic E-state index is 0.192. The number of benzene rings is 1. The molecule has 0 spiro atoms. The lowest BCUT2D eigenvalue weighted by Crippen LogP contribution is -2.28. The maximum atomic E-state index is 13.9. The molecule has 1 atom stereocenters.